The van der Waals surface area contributed by atoms with Crippen LogP contribution >= 0.6 is 0 Å². The third kappa shape index (κ3) is 4.13. The van der Waals surface area contributed by atoms with Crippen molar-refractivity contribution in [2.24, 2.45) is 11.3 Å². The molecule has 24 heavy (non-hydrogen) atoms. The Morgan fingerprint density at radius 2 is 1.96 bits per heavy atom. The van der Waals surface area contributed by atoms with Crippen molar-refractivity contribution in [1.82, 2.24) is 20.1 Å². The summed E-state index contributed by atoms with van der Waals surface area (Å²) in [5, 5.41) is 6.77. The number of nitrogens with zero attached hydrogens (tertiary/aromatic N) is 3. The van der Waals surface area contributed by atoms with Crippen LogP contribution in [-0.4, -0.2) is 51.7 Å². The second-order valence-electron chi connectivity index (χ2n) is 7.45. The molecule has 0 saturated carbocycles. The average molecular weight is 336 g/mol. The summed E-state index contributed by atoms with van der Waals surface area (Å²) in [5.41, 5.74) is -0.0343. The Bertz CT molecular complexity index is 583. The summed E-state index contributed by atoms with van der Waals surface area (Å²) in [6, 6.07) is 0. The average Bonchev–Trinajstić information content (AvgIpc) is 3.03. The zero-order chi connectivity index (χ0) is 17.9. The van der Waals surface area contributed by atoms with E-state index in [1.807, 2.05) is 11.8 Å². The van der Waals surface area contributed by atoms with Crippen LogP contribution in [0.25, 0.3) is 0 Å². The van der Waals surface area contributed by atoms with E-state index in [9.17, 15) is 9.59 Å². The summed E-state index contributed by atoms with van der Waals surface area (Å²) in [4.78, 5) is 30.4. The molecule has 2 rings (SSSR count). The highest BCUT2D eigenvalue weighted by molar-refractivity contribution is 5.85. The lowest BCUT2D eigenvalue weighted by molar-refractivity contribution is -0.139. The number of aromatic nitrogens is 3. The van der Waals surface area contributed by atoms with Crippen molar-refractivity contribution in [3.05, 3.63) is 11.6 Å². The molecular formula is C17H28N4O3. The third-order valence-corrected chi connectivity index (χ3v) is 4.82. The van der Waals surface area contributed by atoms with Gasteiger partial charge < -0.3 is 9.64 Å². The number of amides is 1. The van der Waals surface area contributed by atoms with E-state index in [1.165, 1.54) is 0 Å². The third-order valence-electron chi connectivity index (χ3n) is 4.82. The van der Waals surface area contributed by atoms with Crippen molar-refractivity contribution in [2.75, 3.05) is 19.7 Å². The van der Waals surface area contributed by atoms with Crippen LogP contribution in [0.3, 0.4) is 0 Å². The summed E-state index contributed by atoms with van der Waals surface area (Å²) >= 11 is 0. The van der Waals surface area contributed by atoms with Gasteiger partial charge in [-0.05, 0) is 25.2 Å². The lowest BCUT2D eigenvalue weighted by Crippen LogP contribution is -2.44. The Labute approximate surface area is 143 Å². The zero-order valence-electron chi connectivity index (χ0n) is 15.3. The number of esters is 1. The van der Waals surface area contributed by atoms with E-state index in [2.05, 4.69) is 36.0 Å². The minimum Gasteiger partial charge on any atom is -0.460 e. The predicted molar refractivity (Wildman–Crippen MR) is 89.5 cm³/mol. The number of piperidine rings is 1. The first-order valence-electron chi connectivity index (χ1n) is 8.62. The largest absolute Gasteiger partial charge is 0.460 e. The van der Waals surface area contributed by atoms with Gasteiger partial charge in [-0.25, -0.2) is 9.78 Å². The second kappa shape index (κ2) is 7.32. The Morgan fingerprint density at radius 3 is 2.50 bits per heavy atom. The Hall–Kier alpha value is -1.92. The molecule has 7 nitrogen and oxygen atoms in total. The Balaban J connectivity index is 1.93. The van der Waals surface area contributed by atoms with Crippen LogP contribution in [0.2, 0.25) is 0 Å². The number of ether oxygens (including phenoxy) is 1. The van der Waals surface area contributed by atoms with Gasteiger partial charge in [0.05, 0.1) is 6.61 Å². The fourth-order valence-electron chi connectivity index (χ4n) is 2.76. The van der Waals surface area contributed by atoms with Crippen LogP contribution in [0.1, 0.15) is 69.8 Å². The lowest BCUT2D eigenvalue weighted by atomic mass is 9.80. The van der Waals surface area contributed by atoms with E-state index in [0.717, 1.165) is 12.8 Å². The molecule has 1 saturated heterocycles. The predicted octanol–water partition coefficient (Wildman–Crippen LogP) is 2.37. The van der Waals surface area contributed by atoms with Crippen molar-refractivity contribution in [3.63, 3.8) is 0 Å². The maximum absolute atomic E-state index is 12.6. The van der Waals surface area contributed by atoms with Gasteiger partial charge in [0, 0.05) is 24.9 Å². The van der Waals surface area contributed by atoms with Crippen LogP contribution in [0, 0.1) is 11.3 Å². The topological polar surface area (TPSA) is 88.2 Å². The Kier molecular flexibility index (Phi) is 5.62. The maximum Gasteiger partial charge on any atom is 0.378 e. The van der Waals surface area contributed by atoms with Crippen LogP contribution in [0.15, 0.2) is 0 Å². The molecule has 1 aliphatic rings. The quantitative estimate of drug-likeness (QED) is 0.853. The summed E-state index contributed by atoms with van der Waals surface area (Å²) < 4.78 is 4.90. The molecule has 1 aromatic rings. The fraction of sp³-hybridized carbons (Fsp3) is 0.765. The van der Waals surface area contributed by atoms with Gasteiger partial charge in [-0.15, -0.1) is 5.10 Å². The number of rotatable bonds is 4. The SMILES string of the molecule is CCOC(=O)c1n[nH]c(C2CCN(C(=O)C(C)C(C)(C)C)CC2)n1. The highest BCUT2D eigenvalue weighted by Crippen LogP contribution is 2.30. The number of H-pyrrole nitrogens is 1. The minimum atomic E-state index is -0.508. The molecule has 1 fully saturated rings. The van der Waals surface area contributed by atoms with E-state index in [-0.39, 0.29) is 29.0 Å². The molecule has 0 spiro atoms. The molecule has 1 N–H and O–H groups in total. The van der Waals surface area contributed by atoms with Crippen LogP contribution in [0.4, 0.5) is 0 Å². The van der Waals surface area contributed by atoms with Gasteiger partial charge in [0.1, 0.15) is 5.82 Å². The van der Waals surface area contributed by atoms with E-state index in [4.69, 9.17) is 4.74 Å². The number of aromatic amines is 1. The zero-order valence-corrected chi connectivity index (χ0v) is 15.3. The van der Waals surface area contributed by atoms with Crippen LogP contribution in [-0.2, 0) is 9.53 Å². The number of hydrogen-bond acceptors (Lipinski definition) is 5. The Morgan fingerprint density at radius 1 is 1.33 bits per heavy atom. The maximum atomic E-state index is 12.6. The smallest absolute Gasteiger partial charge is 0.378 e. The number of carbonyl (C=O) groups excluding carboxylic acids is 2. The van der Waals surface area contributed by atoms with E-state index >= 15 is 0 Å². The van der Waals surface area contributed by atoms with Gasteiger partial charge in [0.15, 0.2) is 0 Å². The minimum absolute atomic E-state index is 0.00486. The molecular weight excluding hydrogens is 308 g/mol. The van der Waals surface area contributed by atoms with Crippen molar-refractivity contribution in [1.29, 1.82) is 0 Å². The molecule has 2 heterocycles. The monoisotopic (exact) mass is 336 g/mol. The number of nitrogens with one attached hydrogen (secondary N) is 1. The molecule has 0 radical (unpaired) electrons. The first-order chi connectivity index (χ1) is 11.2. The molecule has 0 aliphatic carbocycles. The van der Waals surface area contributed by atoms with Gasteiger partial charge >= 0.3 is 5.97 Å². The lowest BCUT2D eigenvalue weighted by Gasteiger charge is -2.36. The molecule has 1 aliphatic heterocycles. The standard InChI is InChI=1S/C17H28N4O3/c1-6-24-16(23)14-18-13(19-20-14)12-7-9-21(10-8-12)15(22)11(2)17(3,4)5/h11-12H,6-10H2,1-5H3,(H,18,19,20). The van der Waals surface area contributed by atoms with Crippen LogP contribution in [0.5, 0.6) is 0 Å². The fourth-order valence-corrected chi connectivity index (χ4v) is 2.76. The molecule has 0 aromatic carbocycles. The van der Waals surface area contributed by atoms with Crippen LogP contribution < -0.4 is 0 Å². The first-order valence-corrected chi connectivity index (χ1v) is 8.62. The summed E-state index contributed by atoms with van der Waals surface area (Å²) in [5.74, 6) is 0.669. The molecule has 0 bridgehead atoms. The van der Waals surface area contributed by atoms with E-state index < -0.39 is 5.97 Å². The molecule has 134 valence electrons. The summed E-state index contributed by atoms with van der Waals surface area (Å²) in [7, 11) is 0. The molecule has 7 heteroatoms. The summed E-state index contributed by atoms with van der Waals surface area (Å²) in [6.07, 6.45) is 1.64. The molecule has 1 aromatic heterocycles. The normalized spacial score (nSPS) is 17.6. The summed E-state index contributed by atoms with van der Waals surface area (Å²) in [6.45, 7) is 11.7. The van der Waals surface area contributed by atoms with Crippen molar-refractivity contribution >= 4 is 11.9 Å². The van der Waals surface area contributed by atoms with Crippen molar-refractivity contribution < 1.29 is 14.3 Å². The van der Waals surface area contributed by atoms with Crippen molar-refractivity contribution in [2.45, 2.75) is 53.4 Å². The molecule has 1 amide bonds. The van der Waals surface area contributed by atoms with Gasteiger partial charge in [-0.3, -0.25) is 9.89 Å². The first kappa shape index (κ1) is 18.4. The number of likely N-dealkylation sites (tertiary alicyclic amines) is 1. The highest BCUT2D eigenvalue weighted by Gasteiger charge is 2.33. The molecule has 1 unspecified atom stereocenters. The van der Waals surface area contributed by atoms with Crippen molar-refractivity contribution in [3.8, 4) is 0 Å². The molecule has 1 atom stereocenters. The number of hydrogen-bond donors (Lipinski definition) is 1. The van der Waals surface area contributed by atoms with Gasteiger partial charge in [0.25, 0.3) is 5.82 Å². The highest BCUT2D eigenvalue weighted by atomic mass is 16.5. The number of carbonyl (C=O) groups is 2. The van der Waals surface area contributed by atoms with Gasteiger partial charge in [-0.2, -0.15) is 0 Å². The van der Waals surface area contributed by atoms with Gasteiger partial charge in [-0.1, -0.05) is 27.7 Å². The second-order valence-corrected chi connectivity index (χ2v) is 7.45. The van der Waals surface area contributed by atoms with E-state index in [1.54, 1.807) is 6.92 Å². The van der Waals surface area contributed by atoms with E-state index in [0.29, 0.717) is 25.5 Å². The van der Waals surface area contributed by atoms with Gasteiger partial charge in [0.2, 0.25) is 5.91 Å².